The number of amides is 1. The molecule has 3 fully saturated rings. The normalized spacial score (nSPS) is 23.6. The van der Waals surface area contributed by atoms with E-state index in [1.165, 1.54) is 28.9 Å². The van der Waals surface area contributed by atoms with Gasteiger partial charge < -0.3 is 39.2 Å². The third-order valence-corrected chi connectivity index (χ3v) is 11.6. The van der Waals surface area contributed by atoms with Crippen molar-refractivity contribution in [1.82, 2.24) is 39.2 Å². The number of nitrogens with zero attached hydrogens (tertiary/aromatic N) is 10. The number of pyridine rings is 1. The molecule has 2 N–H and O–H groups in total. The van der Waals surface area contributed by atoms with Crippen LogP contribution in [0.4, 0.5) is 26.4 Å². The number of imidazole rings is 1. The highest BCUT2D eigenvalue weighted by Crippen LogP contribution is 2.40. The number of halogens is 2. The molecule has 8 heterocycles. The molecule has 6 aromatic rings. The summed E-state index contributed by atoms with van der Waals surface area (Å²) in [5.41, 5.74) is 3.08. The molecule has 0 saturated carbocycles. The van der Waals surface area contributed by atoms with Gasteiger partial charge in [-0.15, -0.1) is 0 Å². The summed E-state index contributed by atoms with van der Waals surface area (Å²) in [6.45, 7) is 3.95. The Kier molecular flexibility index (Phi) is 8.07. The quantitative estimate of drug-likeness (QED) is 0.267. The number of rotatable bonds is 4. The molecule has 0 aliphatic carbocycles. The number of hydrogen-bond donors (Lipinski definition) is 2. The number of benzene rings is 2. The molecule has 10 rings (SSSR count). The third kappa shape index (κ3) is 5.58. The number of likely N-dealkylation sites (N-methyl/N-ethyl adjacent to an activating group) is 1. The van der Waals surface area contributed by atoms with E-state index in [1.54, 1.807) is 25.3 Å². The van der Waals surface area contributed by atoms with Crippen LogP contribution in [0.5, 0.6) is 5.75 Å². The van der Waals surface area contributed by atoms with E-state index >= 15 is 4.39 Å². The van der Waals surface area contributed by atoms with Crippen LogP contribution >= 0.6 is 0 Å². The number of anilines is 3. The fraction of sp³-hybridized carbons (Fsp3) is 0.385. The molecule has 4 aliphatic rings. The molecule has 0 spiro atoms. The molecule has 4 aliphatic heterocycles. The van der Waals surface area contributed by atoms with Crippen molar-refractivity contribution in [3.63, 3.8) is 0 Å². The maximum absolute atomic E-state index is 15.1. The molecule has 0 radical (unpaired) electrons. The Bertz CT molecular complexity index is 2530. The minimum Gasteiger partial charge on any atom is -0.506 e. The van der Waals surface area contributed by atoms with Gasteiger partial charge in [-0.1, -0.05) is 6.07 Å². The highest BCUT2D eigenvalue weighted by atomic mass is 19.1. The van der Waals surface area contributed by atoms with Crippen molar-refractivity contribution in [2.75, 3.05) is 55.6 Å². The summed E-state index contributed by atoms with van der Waals surface area (Å²) in [7, 11) is 3.39. The maximum Gasteiger partial charge on any atom is 0.245 e. The second-order valence-corrected chi connectivity index (χ2v) is 15.1. The van der Waals surface area contributed by atoms with Crippen LogP contribution in [0.2, 0.25) is 0 Å². The first-order valence-electron chi connectivity index (χ1n) is 18.7. The summed E-state index contributed by atoms with van der Waals surface area (Å²) in [4.78, 5) is 40.4. The molecule has 3 saturated heterocycles. The van der Waals surface area contributed by atoms with E-state index < -0.39 is 23.8 Å². The lowest BCUT2D eigenvalue weighted by Gasteiger charge is -2.52. The van der Waals surface area contributed by atoms with Crippen molar-refractivity contribution in [3.8, 4) is 22.7 Å². The van der Waals surface area contributed by atoms with E-state index in [-0.39, 0.29) is 42.0 Å². The van der Waals surface area contributed by atoms with Crippen LogP contribution in [0.25, 0.3) is 39.0 Å². The average Bonchev–Trinajstić information content (AvgIpc) is 3.88. The summed E-state index contributed by atoms with van der Waals surface area (Å²) in [6, 6.07) is 11.5. The van der Waals surface area contributed by atoms with Gasteiger partial charge in [0.25, 0.3) is 0 Å². The summed E-state index contributed by atoms with van der Waals surface area (Å²) in [5, 5.41) is 19.6. The van der Waals surface area contributed by atoms with Crippen LogP contribution < -0.4 is 15.1 Å². The zero-order valence-electron chi connectivity index (χ0n) is 30.9. The number of phenols is 1. The number of ether oxygens (including phenoxy) is 2. The zero-order valence-corrected chi connectivity index (χ0v) is 30.9. The van der Waals surface area contributed by atoms with Crippen LogP contribution in [0.1, 0.15) is 18.7 Å². The number of morpholine rings is 1. The molecule has 5 atom stereocenters. The zero-order chi connectivity index (χ0) is 38.4. The molecule has 2 aromatic carbocycles. The van der Waals surface area contributed by atoms with Gasteiger partial charge in [-0.05, 0) is 50.1 Å². The van der Waals surface area contributed by atoms with Gasteiger partial charge in [0.2, 0.25) is 11.9 Å². The van der Waals surface area contributed by atoms with Gasteiger partial charge in [-0.25, -0.2) is 23.4 Å². The highest BCUT2D eigenvalue weighted by molar-refractivity contribution is 5.94. The number of aromatic nitrogens is 7. The molecule has 6 bridgehead atoms. The van der Waals surface area contributed by atoms with Crippen molar-refractivity contribution in [2.45, 2.75) is 56.6 Å². The van der Waals surface area contributed by atoms with Crippen LogP contribution in [-0.2, 0) is 20.8 Å². The lowest BCUT2D eigenvalue weighted by atomic mass is 9.92. The SMILES string of the molecule is CO[C@H]1CN(C)C(=O)[C@@H]2C[C@@H](CN2c2nc(N3C4COCC3C4)nc3c2cnn3-c2ccc(F)cc2O)Nc2cccc(n2)-c2cc(F)cc3nc(C)n(c23)C1. The first kappa shape index (κ1) is 34.5. The Morgan fingerprint density at radius 2 is 1.80 bits per heavy atom. The van der Waals surface area contributed by atoms with E-state index in [4.69, 9.17) is 24.4 Å². The fourth-order valence-corrected chi connectivity index (χ4v) is 8.85. The maximum atomic E-state index is 15.1. The first-order valence-corrected chi connectivity index (χ1v) is 18.7. The Balaban J connectivity index is 1.10. The number of carbonyl (C=O) groups is 1. The second kappa shape index (κ2) is 13.1. The fourth-order valence-electron chi connectivity index (χ4n) is 8.85. The van der Waals surface area contributed by atoms with Gasteiger partial charge in [0.05, 0.1) is 66.3 Å². The highest BCUT2D eigenvalue weighted by Gasteiger charge is 2.46. The standard InChI is InChI=1S/C39H39F2N11O4/c1-20-43-30-10-22(41)9-27-29-5-4-6-34(45-29)44-23-12-32(38(54)48(2)16-26(55-3)17-49(20)35(27)30)50(15-23)36-28-14-42-52(31-8-7-21(40)11-33(31)53)37(28)47-39(46-36)51-24-13-25(51)19-56-18-24/h4-11,14,23-26,32,53H,12-13,15-19H2,1-3H3,(H,44,45)/t23-,24?,25?,26-,32-/m0/s1. The summed E-state index contributed by atoms with van der Waals surface area (Å²) in [6.07, 6.45) is 2.55. The monoisotopic (exact) mass is 763 g/mol. The Morgan fingerprint density at radius 1 is 0.964 bits per heavy atom. The topological polar surface area (TPSA) is 152 Å². The predicted octanol–water partition coefficient (Wildman–Crippen LogP) is 4.04. The molecule has 4 aromatic heterocycles. The Labute approximate surface area is 319 Å². The molecular weight excluding hydrogens is 724 g/mol. The predicted molar refractivity (Wildman–Crippen MR) is 203 cm³/mol. The number of phenolic OH excluding ortho intramolecular Hbond substituents is 1. The van der Waals surface area contributed by atoms with Crippen molar-refractivity contribution >= 4 is 45.6 Å². The van der Waals surface area contributed by atoms with E-state index in [1.807, 2.05) is 34.6 Å². The first-order chi connectivity index (χ1) is 27.1. The lowest BCUT2D eigenvalue weighted by Crippen LogP contribution is -2.64. The van der Waals surface area contributed by atoms with Crippen molar-refractivity contribution in [3.05, 3.63) is 72.2 Å². The van der Waals surface area contributed by atoms with Gasteiger partial charge in [0, 0.05) is 51.0 Å². The number of fused-ring (bicyclic) bond motifs is 8. The van der Waals surface area contributed by atoms with Crippen molar-refractivity contribution in [2.24, 2.45) is 0 Å². The van der Waals surface area contributed by atoms with E-state index in [9.17, 15) is 14.3 Å². The van der Waals surface area contributed by atoms with Crippen molar-refractivity contribution in [1.29, 1.82) is 0 Å². The summed E-state index contributed by atoms with van der Waals surface area (Å²) in [5.74, 6) is 0.795. The van der Waals surface area contributed by atoms with Gasteiger partial charge in [-0.3, -0.25) is 4.79 Å². The van der Waals surface area contributed by atoms with Crippen molar-refractivity contribution < 1.29 is 28.2 Å². The Morgan fingerprint density at radius 3 is 2.59 bits per heavy atom. The Hall–Kier alpha value is -5.94. The lowest BCUT2D eigenvalue weighted by molar-refractivity contribution is -0.132. The molecule has 17 heteroatoms. The van der Waals surface area contributed by atoms with Gasteiger partial charge in [-0.2, -0.15) is 15.1 Å². The third-order valence-electron chi connectivity index (χ3n) is 11.6. The smallest absolute Gasteiger partial charge is 0.245 e. The van der Waals surface area contributed by atoms with Crippen LogP contribution in [0.15, 0.2) is 54.7 Å². The second-order valence-electron chi connectivity index (χ2n) is 15.1. The van der Waals surface area contributed by atoms with Gasteiger partial charge >= 0.3 is 0 Å². The molecule has 2 unspecified atom stereocenters. The molecule has 288 valence electrons. The van der Waals surface area contributed by atoms with Gasteiger partial charge in [0.15, 0.2) is 5.65 Å². The number of aryl methyl sites for hydroxylation is 1. The molecular formula is C39H39F2N11O4. The van der Waals surface area contributed by atoms with Gasteiger partial charge in [0.1, 0.15) is 46.6 Å². The number of methoxy groups -OCH3 is 1. The van der Waals surface area contributed by atoms with Crippen LogP contribution in [0.3, 0.4) is 0 Å². The molecule has 15 nitrogen and oxygen atoms in total. The minimum absolute atomic E-state index is 0.0908. The number of aromatic hydroxyl groups is 1. The minimum atomic E-state index is -0.663. The van der Waals surface area contributed by atoms with E-state index in [2.05, 4.69) is 20.3 Å². The largest absolute Gasteiger partial charge is 0.506 e. The average molecular weight is 764 g/mol. The number of nitrogens with one attached hydrogen (secondary N) is 1. The van der Waals surface area contributed by atoms with Crippen LogP contribution in [-0.4, -0.2) is 121 Å². The summed E-state index contributed by atoms with van der Waals surface area (Å²) < 4.78 is 44.4. The number of hydrogen-bond acceptors (Lipinski definition) is 12. The number of carbonyl (C=O) groups excluding carboxylic acids is 1. The van der Waals surface area contributed by atoms with Crippen LogP contribution in [0, 0.1) is 18.6 Å². The summed E-state index contributed by atoms with van der Waals surface area (Å²) >= 11 is 0. The molecule has 56 heavy (non-hydrogen) atoms. The van der Waals surface area contributed by atoms with E-state index in [0.717, 1.165) is 18.0 Å². The van der Waals surface area contributed by atoms with E-state index in [0.29, 0.717) is 83.9 Å². The molecule has 1 amide bonds.